The highest BCUT2D eigenvalue weighted by Gasteiger charge is 2.62. The molecule has 0 atom stereocenters. The van der Waals surface area contributed by atoms with Crippen molar-refractivity contribution in [3.63, 3.8) is 0 Å². The molecule has 216 valence electrons. The number of fused-ring (bicyclic) bond motifs is 6. The van der Waals surface area contributed by atoms with Gasteiger partial charge in [-0.1, -0.05) is 98.8 Å². The van der Waals surface area contributed by atoms with E-state index in [2.05, 4.69) is 134 Å². The number of hydrogen-bond acceptors (Lipinski definition) is 1. The Morgan fingerprint density at radius 2 is 1.09 bits per heavy atom. The average Bonchev–Trinajstić information content (AvgIpc) is 3.47. The lowest BCUT2D eigenvalue weighted by atomic mass is 9.43. The molecule has 6 aliphatic carbocycles. The Bertz CT molecular complexity index is 1930. The van der Waals surface area contributed by atoms with Gasteiger partial charge in [0.25, 0.3) is 0 Å². The van der Waals surface area contributed by atoms with Crippen LogP contribution in [0, 0.1) is 23.7 Å². The summed E-state index contributed by atoms with van der Waals surface area (Å²) < 4.78 is 0. The number of nitrogens with zero attached hydrogens (tertiary/aromatic N) is 1. The van der Waals surface area contributed by atoms with E-state index in [-0.39, 0.29) is 10.8 Å². The van der Waals surface area contributed by atoms with Crippen molar-refractivity contribution in [3.05, 3.63) is 138 Å². The molecule has 1 nitrogen and oxygen atoms in total. The molecule has 1 spiro atoms. The van der Waals surface area contributed by atoms with Crippen molar-refractivity contribution < 1.29 is 0 Å². The fourth-order valence-corrected chi connectivity index (χ4v) is 11.2. The van der Waals surface area contributed by atoms with Crippen LogP contribution in [0.15, 0.2) is 115 Å². The van der Waals surface area contributed by atoms with Crippen molar-refractivity contribution in [1.29, 1.82) is 0 Å². The summed E-state index contributed by atoms with van der Waals surface area (Å²) in [6.07, 6.45) is 7.05. The zero-order valence-corrected chi connectivity index (χ0v) is 25.8. The van der Waals surface area contributed by atoms with Crippen LogP contribution in [-0.2, 0) is 10.8 Å². The Hall–Kier alpha value is -4.10. The van der Waals surface area contributed by atoms with Gasteiger partial charge in [-0.2, -0.15) is 0 Å². The van der Waals surface area contributed by atoms with Gasteiger partial charge in [0.2, 0.25) is 0 Å². The van der Waals surface area contributed by atoms with Crippen LogP contribution < -0.4 is 4.90 Å². The van der Waals surface area contributed by atoms with Gasteiger partial charge in [0, 0.05) is 22.2 Å². The largest absolute Gasteiger partial charge is 0.310 e. The zero-order valence-electron chi connectivity index (χ0n) is 25.8. The van der Waals surface area contributed by atoms with E-state index in [0.717, 1.165) is 23.7 Å². The van der Waals surface area contributed by atoms with Gasteiger partial charge >= 0.3 is 0 Å². The van der Waals surface area contributed by atoms with Crippen LogP contribution in [0.5, 0.6) is 0 Å². The third-order valence-electron chi connectivity index (χ3n) is 12.6. The molecule has 11 rings (SSSR count). The molecule has 0 aromatic heterocycles. The van der Waals surface area contributed by atoms with E-state index >= 15 is 0 Å². The summed E-state index contributed by atoms with van der Waals surface area (Å²) in [5.41, 5.74) is 15.8. The van der Waals surface area contributed by atoms with Gasteiger partial charge < -0.3 is 4.90 Å². The highest BCUT2D eigenvalue weighted by atomic mass is 15.1. The van der Waals surface area contributed by atoms with Gasteiger partial charge in [-0.3, -0.25) is 0 Å². The van der Waals surface area contributed by atoms with Crippen molar-refractivity contribution in [2.75, 3.05) is 4.90 Å². The Balaban J connectivity index is 1.24. The highest BCUT2D eigenvalue weighted by molar-refractivity contribution is 5.92. The molecule has 4 bridgehead atoms. The van der Waals surface area contributed by atoms with Crippen molar-refractivity contribution in [2.24, 2.45) is 23.7 Å². The molecular formula is C43H39N. The van der Waals surface area contributed by atoms with E-state index in [4.69, 9.17) is 0 Å². The summed E-state index contributed by atoms with van der Waals surface area (Å²) in [6.45, 7) is 4.80. The molecule has 1 heteroatoms. The quantitative estimate of drug-likeness (QED) is 0.209. The summed E-state index contributed by atoms with van der Waals surface area (Å²) in [6, 6.07) is 44.1. The van der Waals surface area contributed by atoms with Gasteiger partial charge in [0.1, 0.15) is 0 Å². The lowest BCUT2D eigenvalue weighted by Crippen LogP contribution is -2.55. The van der Waals surface area contributed by atoms with Gasteiger partial charge in [-0.05, 0) is 131 Å². The van der Waals surface area contributed by atoms with E-state index < -0.39 is 0 Å². The molecule has 5 aromatic rings. The number of benzene rings is 5. The van der Waals surface area contributed by atoms with Gasteiger partial charge in [0.15, 0.2) is 0 Å². The topological polar surface area (TPSA) is 3.24 Å². The van der Waals surface area contributed by atoms with Crippen LogP contribution >= 0.6 is 0 Å². The summed E-state index contributed by atoms with van der Waals surface area (Å²) in [7, 11) is 0. The number of hydrogen-bond donors (Lipinski definition) is 0. The number of rotatable bonds is 3. The van der Waals surface area contributed by atoms with Crippen LogP contribution in [0.4, 0.5) is 17.1 Å². The van der Waals surface area contributed by atoms with Gasteiger partial charge in [0.05, 0.1) is 5.69 Å². The highest BCUT2D eigenvalue weighted by Crippen LogP contribution is 2.71. The minimum absolute atomic E-state index is 0.0399. The van der Waals surface area contributed by atoms with Gasteiger partial charge in [-0.25, -0.2) is 0 Å². The fraction of sp³-hybridized carbons (Fsp3) is 0.302. The Morgan fingerprint density at radius 3 is 1.82 bits per heavy atom. The number of para-hydroxylation sites is 1. The molecule has 0 radical (unpaired) electrons. The lowest BCUT2D eigenvalue weighted by molar-refractivity contribution is -0.0397. The minimum atomic E-state index is -0.0399. The van der Waals surface area contributed by atoms with E-state index in [1.54, 1.807) is 11.1 Å². The van der Waals surface area contributed by atoms with E-state index in [9.17, 15) is 0 Å². The molecule has 4 fully saturated rings. The molecule has 0 N–H and O–H groups in total. The molecule has 0 aliphatic heterocycles. The second-order valence-corrected chi connectivity index (χ2v) is 15.0. The summed E-state index contributed by atoms with van der Waals surface area (Å²) >= 11 is 0. The molecule has 0 saturated heterocycles. The van der Waals surface area contributed by atoms with Crippen LogP contribution in [0.25, 0.3) is 22.3 Å². The van der Waals surface area contributed by atoms with Crippen molar-refractivity contribution in [1.82, 2.24) is 0 Å². The van der Waals surface area contributed by atoms with Crippen LogP contribution in [0.2, 0.25) is 0 Å². The summed E-state index contributed by atoms with van der Waals surface area (Å²) in [5, 5.41) is 0. The first-order valence-electron chi connectivity index (χ1n) is 16.9. The van der Waals surface area contributed by atoms with E-state index in [1.165, 1.54) is 82.5 Å². The third-order valence-corrected chi connectivity index (χ3v) is 12.6. The molecule has 44 heavy (non-hydrogen) atoms. The normalized spacial score (nSPS) is 27.6. The molecule has 0 amide bonds. The predicted molar refractivity (Wildman–Crippen MR) is 182 cm³/mol. The van der Waals surface area contributed by atoms with Crippen LogP contribution in [-0.4, -0.2) is 0 Å². The Morgan fingerprint density at radius 1 is 0.500 bits per heavy atom. The first kappa shape index (κ1) is 25.2. The summed E-state index contributed by atoms with van der Waals surface area (Å²) in [5.74, 6) is 3.32. The number of anilines is 3. The zero-order chi connectivity index (χ0) is 29.2. The van der Waals surface area contributed by atoms with Crippen molar-refractivity contribution in [2.45, 2.75) is 56.8 Å². The molecular weight excluding hydrogens is 530 g/mol. The third kappa shape index (κ3) is 3.11. The molecule has 4 saturated carbocycles. The standard InChI is InChI=1S/C43H39N/c1-42(2)37-16-8-6-13-33(37)35-20-19-32(26-39(35)42)44(31-11-4-3-5-12-31)40-18-10-15-36-34-14-7-9-17-38(34)43(41(36)40)29-22-27-21-28(24-29)25-30(43)23-27/h3-20,26-30H,21-25H2,1-2H3. The second kappa shape index (κ2) is 8.75. The van der Waals surface area contributed by atoms with E-state index in [1.807, 2.05) is 0 Å². The lowest BCUT2D eigenvalue weighted by Gasteiger charge is -2.61. The minimum Gasteiger partial charge on any atom is -0.310 e. The van der Waals surface area contributed by atoms with Crippen LogP contribution in [0.3, 0.4) is 0 Å². The van der Waals surface area contributed by atoms with Gasteiger partial charge in [-0.15, -0.1) is 0 Å². The molecule has 5 aromatic carbocycles. The van der Waals surface area contributed by atoms with Crippen molar-refractivity contribution >= 4 is 17.1 Å². The van der Waals surface area contributed by atoms with E-state index in [0.29, 0.717) is 0 Å². The fourth-order valence-electron chi connectivity index (χ4n) is 11.2. The predicted octanol–water partition coefficient (Wildman–Crippen LogP) is 11.2. The Kier molecular flexibility index (Phi) is 5.02. The van der Waals surface area contributed by atoms with Crippen LogP contribution in [0.1, 0.15) is 68.2 Å². The average molecular weight is 570 g/mol. The second-order valence-electron chi connectivity index (χ2n) is 15.0. The Labute approximate surface area is 261 Å². The molecule has 6 aliphatic rings. The first-order valence-corrected chi connectivity index (χ1v) is 16.9. The molecule has 0 unspecified atom stereocenters. The molecule has 0 heterocycles. The maximum Gasteiger partial charge on any atom is 0.0509 e. The maximum atomic E-state index is 2.61. The smallest absolute Gasteiger partial charge is 0.0509 e. The summed E-state index contributed by atoms with van der Waals surface area (Å²) in [4.78, 5) is 2.61. The SMILES string of the molecule is CC1(C)c2ccccc2-c2ccc(N(c3ccccc3)c3cccc4c3C3(c5ccccc5-4)C4CC5CC(C4)CC3C5)cc21. The first-order chi connectivity index (χ1) is 21.5. The van der Waals surface area contributed by atoms with Crippen molar-refractivity contribution in [3.8, 4) is 22.3 Å². The monoisotopic (exact) mass is 569 g/mol. The maximum absolute atomic E-state index is 2.61.